The van der Waals surface area contributed by atoms with Gasteiger partial charge in [0.15, 0.2) is 0 Å². The van der Waals surface area contributed by atoms with Crippen LogP contribution in [0.5, 0.6) is 0 Å². The number of halogens is 3. The lowest BCUT2D eigenvalue weighted by molar-refractivity contribution is -0.188. The van der Waals surface area contributed by atoms with Gasteiger partial charge in [0.1, 0.15) is 0 Å². The Hall–Kier alpha value is -1.31. The quantitative estimate of drug-likeness (QED) is 0.812. The highest BCUT2D eigenvalue weighted by molar-refractivity contribution is 5.82. The van der Waals surface area contributed by atoms with Crippen molar-refractivity contribution in [1.29, 1.82) is 0 Å². The first kappa shape index (κ1) is 14.7. The molecule has 1 atom stereocenters. The zero-order valence-electron chi connectivity index (χ0n) is 9.90. The molecule has 1 fully saturated rings. The molecular formula is C10H15F3N2O3. The molecule has 1 heterocycles. The van der Waals surface area contributed by atoms with Crippen LogP contribution in [0.1, 0.15) is 13.3 Å². The van der Waals surface area contributed by atoms with Crippen LogP contribution in [0.25, 0.3) is 0 Å². The summed E-state index contributed by atoms with van der Waals surface area (Å²) < 4.78 is 36.7. The first-order valence-corrected chi connectivity index (χ1v) is 5.53. The molecule has 0 bridgehead atoms. The SMILES string of the molecule is CC1CN(C(=O)C(F)(F)F)CCN1CCC(=O)O. The van der Waals surface area contributed by atoms with Crippen LogP contribution in [0.4, 0.5) is 13.2 Å². The number of carboxylic acids is 1. The van der Waals surface area contributed by atoms with E-state index in [1.54, 1.807) is 11.8 Å². The summed E-state index contributed by atoms with van der Waals surface area (Å²) in [7, 11) is 0. The highest BCUT2D eigenvalue weighted by Crippen LogP contribution is 2.21. The number of hydrogen-bond acceptors (Lipinski definition) is 3. The largest absolute Gasteiger partial charge is 0.481 e. The Balaban J connectivity index is 2.50. The van der Waals surface area contributed by atoms with Crippen LogP contribution >= 0.6 is 0 Å². The summed E-state index contributed by atoms with van der Waals surface area (Å²) in [5.41, 5.74) is 0. The fraction of sp³-hybridized carbons (Fsp3) is 0.800. The van der Waals surface area contributed by atoms with Gasteiger partial charge >= 0.3 is 18.1 Å². The average Bonchev–Trinajstić information content (AvgIpc) is 2.24. The topological polar surface area (TPSA) is 60.9 Å². The zero-order valence-corrected chi connectivity index (χ0v) is 9.90. The van der Waals surface area contributed by atoms with Gasteiger partial charge in [-0.05, 0) is 6.92 Å². The molecule has 1 amide bonds. The monoisotopic (exact) mass is 268 g/mol. The van der Waals surface area contributed by atoms with Crippen LogP contribution in [0.15, 0.2) is 0 Å². The predicted molar refractivity (Wildman–Crippen MR) is 55.9 cm³/mol. The summed E-state index contributed by atoms with van der Waals surface area (Å²) in [6.45, 7) is 2.17. The summed E-state index contributed by atoms with van der Waals surface area (Å²) in [4.78, 5) is 24.0. The molecule has 18 heavy (non-hydrogen) atoms. The highest BCUT2D eigenvalue weighted by Gasteiger charge is 2.44. The second-order valence-corrected chi connectivity index (χ2v) is 4.28. The number of rotatable bonds is 3. The van der Waals surface area contributed by atoms with Crippen molar-refractivity contribution in [2.45, 2.75) is 25.6 Å². The third-order valence-electron chi connectivity index (χ3n) is 2.91. The summed E-state index contributed by atoms with van der Waals surface area (Å²) in [5, 5.41) is 8.54. The Bertz CT molecular complexity index is 333. The van der Waals surface area contributed by atoms with Gasteiger partial charge in [0.25, 0.3) is 0 Å². The molecule has 0 aromatic rings. The molecule has 8 heteroatoms. The van der Waals surface area contributed by atoms with Crippen LogP contribution in [0.2, 0.25) is 0 Å². The van der Waals surface area contributed by atoms with E-state index in [4.69, 9.17) is 5.11 Å². The standard InChI is InChI=1S/C10H15F3N2O3/c1-7-6-15(9(18)10(11,12)13)5-4-14(7)3-2-8(16)17/h7H,2-6H2,1H3,(H,16,17). The van der Waals surface area contributed by atoms with Gasteiger partial charge in [0.2, 0.25) is 0 Å². The summed E-state index contributed by atoms with van der Waals surface area (Å²) in [5.74, 6) is -2.77. The second-order valence-electron chi connectivity index (χ2n) is 4.28. The third kappa shape index (κ3) is 3.86. The lowest BCUT2D eigenvalue weighted by Crippen LogP contribution is -2.56. The van der Waals surface area contributed by atoms with E-state index in [9.17, 15) is 22.8 Å². The van der Waals surface area contributed by atoms with E-state index >= 15 is 0 Å². The summed E-state index contributed by atoms with van der Waals surface area (Å²) in [6.07, 6.45) is -4.90. The summed E-state index contributed by atoms with van der Waals surface area (Å²) in [6, 6.07) is -0.274. The lowest BCUT2D eigenvalue weighted by Gasteiger charge is -2.39. The number of piperazine rings is 1. The number of carbonyl (C=O) groups is 2. The molecule has 1 aliphatic rings. The van der Waals surface area contributed by atoms with Crippen LogP contribution in [-0.4, -0.2) is 65.2 Å². The number of carbonyl (C=O) groups excluding carboxylic acids is 1. The number of nitrogens with zero attached hydrogens (tertiary/aromatic N) is 2. The molecule has 0 aromatic carbocycles. The van der Waals surface area contributed by atoms with Crippen molar-refractivity contribution in [3.63, 3.8) is 0 Å². The van der Waals surface area contributed by atoms with Gasteiger partial charge in [0, 0.05) is 32.2 Å². The van der Waals surface area contributed by atoms with Crippen molar-refractivity contribution >= 4 is 11.9 Å². The molecule has 0 aromatic heterocycles. The number of amides is 1. The maximum absolute atomic E-state index is 12.2. The van der Waals surface area contributed by atoms with Crippen LogP contribution < -0.4 is 0 Å². The van der Waals surface area contributed by atoms with Crippen molar-refractivity contribution in [3.05, 3.63) is 0 Å². The maximum Gasteiger partial charge on any atom is 0.471 e. The Morgan fingerprint density at radius 3 is 2.39 bits per heavy atom. The van der Waals surface area contributed by atoms with Crippen LogP contribution in [-0.2, 0) is 9.59 Å². The van der Waals surface area contributed by atoms with Crippen LogP contribution in [0, 0.1) is 0 Å². The molecule has 1 rings (SSSR count). The molecule has 104 valence electrons. The molecule has 5 nitrogen and oxygen atoms in total. The Morgan fingerprint density at radius 2 is 1.94 bits per heavy atom. The van der Waals surface area contributed by atoms with Crippen molar-refractivity contribution in [1.82, 2.24) is 9.80 Å². The molecule has 0 saturated carbocycles. The smallest absolute Gasteiger partial charge is 0.471 e. The maximum atomic E-state index is 12.2. The molecule has 1 unspecified atom stereocenters. The molecule has 0 spiro atoms. The van der Waals surface area contributed by atoms with Crippen molar-refractivity contribution in [2.75, 3.05) is 26.2 Å². The van der Waals surface area contributed by atoms with Crippen molar-refractivity contribution in [3.8, 4) is 0 Å². The van der Waals surface area contributed by atoms with Gasteiger partial charge < -0.3 is 10.0 Å². The number of alkyl halides is 3. The second kappa shape index (κ2) is 5.55. The molecular weight excluding hydrogens is 253 g/mol. The van der Waals surface area contributed by atoms with E-state index in [0.717, 1.165) is 4.90 Å². The van der Waals surface area contributed by atoms with E-state index < -0.39 is 18.1 Å². The molecule has 1 saturated heterocycles. The van der Waals surface area contributed by atoms with Crippen molar-refractivity contribution in [2.24, 2.45) is 0 Å². The van der Waals surface area contributed by atoms with E-state index in [1.807, 2.05) is 0 Å². The third-order valence-corrected chi connectivity index (χ3v) is 2.91. The van der Waals surface area contributed by atoms with Gasteiger partial charge in [-0.25, -0.2) is 0 Å². The van der Waals surface area contributed by atoms with Gasteiger partial charge in [-0.15, -0.1) is 0 Å². The minimum Gasteiger partial charge on any atom is -0.481 e. The number of carboxylic acid groups (broad SMARTS) is 1. The van der Waals surface area contributed by atoms with Gasteiger partial charge in [-0.2, -0.15) is 13.2 Å². The zero-order chi connectivity index (χ0) is 13.9. The van der Waals surface area contributed by atoms with Crippen LogP contribution in [0.3, 0.4) is 0 Å². The lowest BCUT2D eigenvalue weighted by atomic mass is 10.1. The fourth-order valence-electron chi connectivity index (χ4n) is 1.93. The highest BCUT2D eigenvalue weighted by atomic mass is 19.4. The Kier molecular flexibility index (Phi) is 4.55. The molecule has 1 aliphatic heterocycles. The average molecular weight is 268 g/mol. The minimum atomic E-state index is -4.84. The predicted octanol–water partition coefficient (Wildman–Crippen LogP) is 0.556. The molecule has 0 aliphatic carbocycles. The molecule has 1 N–H and O–H groups in total. The van der Waals surface area contributed by atoms with Gasteiger partial charge in [-0.1, -0.05) is 0 Å². The number of hydrogen-bond donors (Lipinski definition) is 1. The molecule has 0 radical (unpaired) electrons. The van der Waals surface area contributed by atoms with Gasteiger partial charge in [-0.3, -0.25) is 14.5 Å². The fourth-order valence-corrected chi connectivity index (χ4v) is 1.93. The summed E-state index contributed by atoms with van der Waals surface area (Å²) >= 11 is 0. The van der Waals surface area contributed by atoms with Gasteiger partial charge in [0.05, 0.1) is 6.42 Å². The van der Waals surface area contributed by atoms with E-state index in [2.05, 4.69) is 0 Å². The Morgan fingerprint density at radius 1 is 1.33 bits per heavy atom. The first-order chi connectivity index (χ1) is 8.21. The van der Waals surface area contributed by atoms with E-state index in [-0.39, 0.29) is 38.6 Å². The number of aliphatic carboxylic acids is 1. The van der Waals surface area contributed by atoms with E-state index in [1.165, 1.54) is 0 Å². The normalized spacial score (nSPS) is 22.0. The minimum absolute atomic E-state index is 0.0255. The van der Waals surface area contributed by atoms with Crippen molar-refractivity contribution < 1.29 is 27.9 Å². The van der Waals surface area contributed by atoms with E-state index in [0.29, 0.717) is 0 Å². The Labute approximate surface area is 102 Å². The first-order valence-electron chi connectivity index (χ1n) is 5.53.